The molecule has 1 aromatic rings. The molecule has 12 heavy (non-hydrogen) atoms. The molecule has 0 aliphatic carbocycles. The predicted octanol–water partition coefficient (Wildman–Crippen LogP) is 1.53. The van der Waals surface area contributed by atoms with Gasteiger partial charge in [0, 0.05) is 11.2 Å². The van der Waals surface area contributed by atoms with Crippen LogP contribution in [0.25, 0.3) is 0 Å². The molecule has 0 saturated heterocycles. The number of aromatic nitrogens is 1. The molecule has 0 bridgehead atoms. The van der Waals surface area contributed by atoms with E-state index in [0.29, 0.717) is 15.0 Å². The SMILES string of the molecule is CCC[S+]([O-])c1ncc(C#N)s1. The molecule has 1 aromatic heterocycles. The second-order valence-corrected chi connectivity index (χ2v) is 4.93. The Bertz CT molecular complexity index is 292. The van der Waals surface area contributed by atoms with Gasteiger partial charge in [0.1, 0.15) is 16.7 Å². The van der Waals surface area contributed by atoms with E-state index in [1.54, 1.807) is 0 Å². The summed E-state index contributed by atoms with van der Waals surface area (Å²) in [5, 5.41) is 8.48. The van der Waals surface area contributed by atoms with Crippen molar-refractivity contribution in [1.29, 1.82) is 5.26 Å². The predicted molar refractivity (Wildman–Crippen MR) is 48.4 cm³/mol. The molecule has 64 valence electrons. The lowest BCUT2D eigenvalue weighted by Crippen LogP contribution is -2.04. The molecule has 5 heteroatoms. The summed E-state index contributed by atoms with van der Waals surface area (Å²) in [4.78, 5) is 4.42. The third kappa shape index (κ3) is 2.21. The van der Waals surface area contributed by atoms with Crippen molar-refractivity contribution in [2.75, 3.05) is 5.75 Å². The van der Waals surface area contributed by atoms with Crippen LogP contribution in [-0.2, 0) is 11.2 Å². The molecule has 1 unspecified atom stereocenters. The highest BCUT2D eigenvalue weighted by molar-refractivity contribution is 7.93. The van der Waals surface area contributed by atoms with Crippen LogP contribution in [0.3, 0.4) is 0 Å². The number of nitriles is 1. The smallest absolute Gasteiger partial charge is 0.302 e. The van der Waals surface area contributed by atoms with Crippen LogP contribution in [0.5, 0.6) is 0 Å². The molecule has 0 fully saturated rings. The van der Waals surface area contributed by atoms with E-state index in [9.17, 15) is 4.55 Å². The molecule has 1 atom stereocenters. The van der Waals surface area contributed by atoms with E-state index in [0.717, 1.165) is 6.42 Å². The highest BCUT2D eigenvalue weighted by Crippen LogP contribution is 2.18. The summed E-state index contributed by atoms with van der Waals surface area (Å²) in [6.07, 6.45) is 2.33. The van der Waals surface area contributed by atoms with Gasteiger partial charge in [-0.2, -0.15) is 10.2 Å². The number of hydrogen-bond donors (Lipinski definition) is 0. The molecule has 0 spiro atoms. The summed E-state index contributed by atoms with van der Waals surface area (Å²) in [5.74, 6) is 0.623. The zero-order chi connectivity index (χ0) is 8.97. The lowest BCUT2D eigenvalue weighted by molar-refractivity contribution is 0.593. The van der Waals surface area contributed by atoms with E-state index in [1.807, 2.05) is 13.0 Å². The fourth-order valence-electron chi connectivity index (χ4n) is 0.688. The summed E-state index contributed by atoms with van der Waals surface area (Å²) in [6.45, 7) is 1.97. The Balaban J connectivity index is 2.69. The lowest BCUT2D eigenvalue weighted by Gasteiger charge is -2.02. The standard InChI is InChI=1S/C7H8N2OS2/c1-2-3-12(10)7-9-5-6(4-8)11-7/h5H,2-3H2,1H3. The zero-order valence-corrected chi connectivity index (χ0v) is 8.24. The minimum atomic E-state index is -1.01. The van der Waals surface area contributed by atoms with Gasteiger partial charge >= 0.3 is 4.34 Å². The molecule has 0 aliphatic rings. The average Bonchev–Trinajstić information content (AvgIpc) is 2.52. The lowest BCUT2D eigenvalue weighted by atomic mass is 10.6. The monoisotopic (exact) mass is 200 g/mol. The highest BCUT2D eigenvalue weighted by atomic mass is 32.2. The van der Waals surface area contributed by atoms with Crippen molar-refractivity contribution in [2.45, 2.75) is 17.7 Å². The summed E-state index contributed by atoms with van der Waals surface area (Å²) in [5.41, 5.74) is 0. The van der Waals surface area contributed by atoms with E-state index < -0.39 is 11.2 Å². The average molecular weight is 200 g/mol. The summed E-state index contributed by atoms with van der Waals surface area (Å²) < 4.78 is 11.9. The van der Waals surface area contributed by atoms with Gasteiger partial charge in [0.05, 0.1) is 6.20 Å². The van der Waals surface area contributed by atoms with Crippen molar-refractivity contribution < 1.29 is 4.55 Å². The first kappa shape index (κ1) is 9.52. The molecule has 0 radical (unpaired) electrons. The number of thiazole rings is 1. The molecule has 3 nitrogen and oxygen atoms in total. The Morgan fingerprint density at radius 3 is 3.08 bits per heavy atom. The minimum Gasteiger partial charge on any atom is -0.610 e. The second-order valence-electron chi connectivity index (χ2n) is 2.15. The van der Waals surface area contributed by atoms with Crippen LogP contribution in [0, 0.1) is 11.3 Å². The first-order chi connectivity index (χ1) is 5.77. The summed E-state index contributed by atoms with van der Waals surface area (Å²) >= 11 is 0.201. The van der Waals surface area contributed by atoms with Crippen molar-refractivity contribution in [3.8, 4) is 6.07 Å². The molecule has 0 N–H and O–H groups in total. The third-order valence-corrected chi connectivity index (χ3v) is 3.96. The fraction of sp³-hybridized carbons (Fsp3) is 0.429. The Kier molecular flexibility index (Phi) is 3.53. The molecule has 1 rings (SSSR count). The van der Waals surface area contributed by atoms with Gasteiger partial charge in [-0.1, -0.05) is 18.3 Å². The van der Waals surface area contributed by atoms with Crippen LogP contribution in [0.15, 0.2) is 10.5 Å². The Morgan fingerprint density at radius 2 is 2.58 bits per heavy atom. The van der Waals surface area contributed by atoms with Gasteiger partial charge in [0.2, 0.25) is 0 Å². The van der Waals surface area contributed by atoms with Crippen LogP contribution >= 0.6 is 11.3 Å². The maximum Gasteiger partial charge on any atom is 0.302 e. The van der Waals surface area contributed by atoms with Gasteiger partial charge in [0.15, 0.2) is 0 Å². The highest BCUT2D eigenvalue weighted by Gasteiger charge is 2.14. The van der Waals surface area contributed by atoms with Gasteiger partial charge in [-0.15, -0.1) is 0 Å². The maximum absolute atomic E-state index is 11.3. The van der Waals surface area contributed by atoms with Crippen LogP contribution < -0.4 is 0 Å². The molecule has 1 heterocycles. The normalized spacial score (nSPS) is 12.4. The molecular formula is C7H8N2OS2. The Hall–Kier alpha value is -0.570. The van der Waals surface area contributed by atoms with E-state index in [-0.39, 0.29) is 0 Å². The van der Waals surface area contributed by atoms with Crippen LogP contribution in [-0.4, -0.2) is 15.3 Å². The van der Waals surface area contributed by atoms with E-state index in [2.05, 4.69) is 4.98 Å². The largest absolute Gasteiger partial charge is 0.610 e. The van der Waals surface area contributed by atoms with Gasteiger partial charge in [0.25, 0.3) is 0 Å². The van der Waals surface area contributed by atoms with Crippen molar-refractivity contribution in [1.82, 2.24) is 4.98 Å². The number of rotatable bonds is 3. The Morgan fingerprint density at radius 1 is 1.83 bits per heavy atom. The minimum absolute atomic E-state index is 0.523. The van der Waals surface area contributed by atoms with E-state index in [4.69, 9.17) is 5.26 Å². The van der Waals surface area contributed by atoms with Crippen molar-refractivity contribution in [3.63, 3.8) is 0 Å². The van der Waals surface area contributed by atoms with Gasteiger partial charge in [-0.3, -0.25) is 0 Å². The van der Waals surface area contributed by atoms with Gasteiger partial charge in [-0.05, 0) is 6.42 Å². The number of hydrogen-bond acceptors (Lipinski definition) is 4. The third-order valence-electron chi connectivity index (χ3n) is 1.18. The quantitative estimate of drug-likeness (QED) is 0.695. The van der Waals surface area contributed by atoms with Crippen molar-refractivity contribution >= 4 is 22.5 Å². The van der Waals surface area contributed by atoms with Crippen LogP contribution in [0.2, 0.25) is 0 Å². The van der Waals surface area contributed by atoms with Gasteiger partial charge < -0.3 is 4.55 Å². The summed E-state index contributed by atoms with van der Waals surface area (Å²) in [6, 6.07) is 1.97. The first-order valence-corrected chi connectivity index (χ1v) is 5.65. The zero-order valence-electron chi connectivity index (χ0n) is 6.61. The van der Waals surface area contributed by atoms with Crippen LogP contribution in [0.1, 0.15) is 18.2 Å². The fourth-order valence-corrected chi connectivity index (χ4v) is 2.74. The maximum atomic E-state index is 11.3. The molecule has 0 aliphatic heterocycles. The topological polar surface area (TPSA) is 59.7 Å². The second kappa shape index (κ2) is 4.45. The Labute approximate surface area is 78.2 Å². The van der Waals surface area contributed by atoms with E-state index >= 15 is 0 Å². The van der Waals surface area contributed by atoms with Crippen LogP contribution in [0.4, 0.5) is 0 Å². The van der Waals surface area contributed by atoms with Gasteiger partial charge in [-0.25, -0.2) is 0 Å². The molecule has 0 aromatic carbocycles. The van der Waals surface area contributed by atoms with Crippen molar-refractivity contribution in [3.05, 3.63) is 11.1 Å². The number of nitrogens with zero attached hydrogens (tertiary/aromatic N) is 2. The van der Waals surface area contributed by atoms with Crippen molar-refractivity contribution in [2.24, 2.45) is 0 Å². The molecule has 0 saturated carbocycles. The summed E-state index contributed by atoms with van der Waals surface area (Å²) in [7, 11) is 0. The molecular weight excluding hydrogens is 192 g/mol. The van der Waals surface area contributed by atoms with E-state index in [1.165, 1.54) is 17.5 Å². The first-order valence-electron chi connectivity index (χ1n) is 3.52. The molecule has 0 amide bonds.